The summed E-state index contributed by atoms with van der Waals surface area (Å²) in [4.78, 5) is 14.2. The third-order valence-electron chi connectivity index (χ3n) is 3.37. The van der Waals surface area contributed by atoms with Crippen LogP contribution in [0.3, 0.4) is 0 Å². The highest BCUT2D eigenvalue weighted by Gasteiger charge is 2.23. The molecular formula is C14H19N3OS. The van der Waals surface area contributed by atoms with Gasteiger partial charge in [0.05, 0.1) is 0 Å². The first-order valence-electron chi connectivity index (χ1n) is 6.53. The molecule has 4 nitrogen and oxygen atoms in total. The third kappa shape index (κ3) is 3.67. The zero-order valence-electron chi connectivity index (χ0n) is 11.1. The number of hydrogen-bond acceptors (Lipinski definition) is 2. The number of likely N-dealkylation sites (tertiary alicyclic amines) is 1. The number of carbonyl (C=O) groups excluding carboxylic acids is 1. The summed E-state index contributed by atoms with van der Waals surface area (Å²) in [6, 6.07) is 9.80. The van der Waals surface area contributed by atoms with Crippen LogP contribution in [0.15, 0.2) is 30.3 Å². The molecule has 102 valence electrons. The summed E-state index contributed by atoms with van der Waals surface area (Å²) < 4.78 is 0. The van der Waals surface area contributed by atoms with E-state index in [2.05, 4.69) is 10.6 Å². The lowest BCUT2D eigenvalue weighted by atomic mass is 10.0. The molecule has 0 unspecified atom stereocenters. The normalized spacial score (nSPS) is 15.9. The number of amides is 1. The fraction of sp³-hybridized carbons (Fsp3) is 0.429. The lowest BCUT2D eigenvalue weighted by molar-refractivity contribution is 0.0710. The van der Waals surface area contributed by atoms with Crippen molar-refractivity contribution in [2.75, 3.05) is 20.1 Å². The zero-order chi connectivity index (χ0) is 13.7. The molecule has 1 fully saturated rings. The van der Waals surface area contributed by atoms with Crippen LogP contribution in [0, 0.1) is 0 Å². The minimum absolute atomic E-state index is 0.121. The molecule has 2 N–H and O–H groups in total. The number of hydrogen-bond donors (Lipinski definition) is 2. The summed E-state index contributed by atoms with van der Waals surface area (Å²) in [5, 5.41) is 6.84. The molecule has 1 saturated heterocycles. The van der Waals surface area contributed by atoms with Crippen molar-refractivity contribution in [3.05, 3.63) is 35.9 Å². The molecule has 0 aliphatic carbocycles. The maximum Gasteiger partial charge on any atom is 0.253 e. The Bertz CT molecular complexity index is 441. The van der Waals surface area contributed by atoms with Crippen molar-refractivity contribution in [1.82, 2.24) is 15.5 Å². The molecule has 1 aliphatic rings. The van der Waals surface area contributed by atoms with Gasteiger partial charge in [-0.05, 0) is 37.2 Å². The Hall–Kier alpha value is -1.62. The average molecular weight is 277 g/mol. The van der Waals surface area contributed by atoms with Gasteiger partial charge in [0.25, 0.3) is 5.91 Å². The number of nitrogens with one attached hydrogen (secondary N) is 2. The van der Waals surface area contributed by atoms with Gasteiger partial charge in [0.1, 0.15) is 0 Å². The molecule has 1 amide bonds. The Kier molecular flexibility index (Phi) is 4.74. The number of benzene rings is 1. The Balaban J connectivity index is 1.86. The fourth-order valence-corrected chi connectivity index (χ4v) is 2.41. The molecule has 5 heteroatoms. The van der Waals surface area contributed by atoms with Gasteiger partial charge in [0, 0.05) is 31.7 Å². The first-order chi connectivity index (χ1) is 9.20. The van der Waals surface area contributed by atoms with E-state index in [0.717, 1.165) is 31.5 Å². The molecule has 1 aromatic rings. The Labute approximate surface area is 119 Å². The van der Waals surface area contributed by atoms with E-state index in [0.29, 0.717) is 11.2 Å². The van der Waals surface area contributed by atoms with Gasteiger partial charge in [0.15, 0.2) is 5.11 Å². The predicted molar refractivity (Wildman–Crippen MR) is 80.2 cm³/mol. The van der Waals surface area contributed by atoms with E-state index >= 15 is 0 Å². The van der Waals surface area contributed by atoms with Crippen molar-refractivity contribution in [1.29, 1.82) is 0 Å². The van der Waals surface area contributed by atoms with Gasteiger partial charge in [-0.1, -0.05) is 18.2 Å². The van der Waals surface area contributed by atoms with Gasteiger partial charge in [-0.25, -0.2) is 0 Å². The lowest BCUT2D eigenvalue weighted by Crippen LogP contribution is -2.48. The average Bonchev–Trinajstić information content (AvgIpc) is 2.48. The number of carbonyl (C=O) groups is 1. The molecular weight excluding hydrogens is 258 g/mol. The van der Waals surface area contributed by atoms with Gasteiger partial charge >= 0.3 is 0 Å². The van der Waals surface area contributed by atoms with Crippen LogP contribution in [0.2, 0.25) is 0 Å². The van der Waals surface area contributed by atoms with Crippen LogP contribution in [0.4, 0.5) is 0 Å². The topological polar surface area (TPSA) is 44.4 Å². The van der Waals surface area contributed by atoms with E-state index in [-0.39, 0.29) is 5.91 Å². The molecule has 0 radical (unpaired) electrons. The van der Waals surface area contributed by atoms with Gasteiger partial charge in [0.2, 0.25) is 0 Å². The molecule has 2 rings (SSSR count). The Morgan fingerprint density at radius 2 is 1.89 bits per heavy atom. The molecule has 1 aliphatic heterocycles. The van der Waals surface area contributed by atoms with Crippen molar-refractivity contribution in [3.63, 3.8) is 0 Å². The highest BCUT2D eigenvalue weighted by atomic mass is 32.1. The molecule has 1 aromatic carbocycles. The van der Waals surface area contributed by atoms with Gasteiger partial charge < -0.3 is 15.5 Å². The van der Waals surface area contributed by atoms with Crippen LogP contribution >= 0.6 is 12.2 Å². The first-order valence-corrected chi connectivity index (χ1v) is 6.94. The quantitative estimate of drug-likeness (QED) is 0.802. The van der Waals surface area contributed by atoms with Gasteiger partial charge in [-0.15, -0.1) is 0 Å². The second-order valence-corrected chi connectivity index (χ2v) is 5.06. The SMILES string of the molecule is CNC(=S)NC1CCN(C(=O)c2ccccc2)CC1. The monoisotopic (exact) mass is 277 g/mol. The predicted octanol–water partition coefficient (Wildman–Crippen LogP) is 1.39. The van der Waals surface area contributed by atoms with E-state index in [9.17, 15) is 4.79 Å². The summed E-state index contributed by atoms with van der Waals surface area (Å²) in [6.07, 6.45) is 1.86. The van der Waals surface area contributed by atoms with Crippen molar-refractivity contribution in [2.24, 2.45) is 0 Å². The van der Waals surface area contributed by atoms with E-state index in [4.69, 9.17) is 12.2 Å². The summed E-state index contributed by atoms with van der Waals surface area (Å²) >= 11 is 5.09. The largest absolute Gasteiger partial charge is 0.366 e. The molecule has 0 bridgehead atoms. The van der Waals surface area contributed by atoms with Crippen LogP contribution in [0.25, 0.3) is 0 Å². The molecule has 19 heavy (non-hydrogen) atoms. The number of nitrogens with zero attached hydrogens (tertiary/aromatic N) is 1. The van der Waals surface area contributed by atoms with Crippen LogP contribution < -0.4 is 10.6 Å². The van der Waals surface area contributed by atoms with Crippen molar-refractivity contribution in [2.45, 2.75) is 18.9 Å². The number of rotatable bonds is 2. The summed E-state index contributed by atoms with van der Waals surface area (Å²) in [5.41, 5.74) is 0.764. The van der Waals surface area contributed by atoms with E-state index in [1.54, 1.807) is 0 Å². The highest BCUT2D eigenvalue weighted by molar-refractivity contribution is 7.80. The second-order valence-electron chi connectivity index (χ2n) is 4.66. The minimum atomic E-state index is 0.121. The van der Waals surface area contributed by atoms with Crippen LogP contribution in [-0.4, -0.2) is 42.1 Å². The molecule has 0 aromatic heterocycles. The smallest absolute Gasteiger partial charge is 0.253 e. The number of thiocarbonyl (C=S) groups is 1. The highest BCUT2D eigenvalue weighted by Crippen LogP contribution is 2.13. The summed E-state index contributed by atoms with van der Waals surface area (Å²) in [6.45, 7) is 1.55. The van der Waals surface area contributed by atoms with Crippen LogP contribution in [-0.2, 0) is 0 Å². The second kappa shape index (κ2) is 6.52. The Morgan fingerprint density at radius 3 is 2.47 bits per heavy atom. The molecule has 0 spiro atoms. The molecule has 1 heterocycles. The third-order valence-corrected chi connectivity index (χ3v) is 3.69. The maximum atomic E-state index is 12.3. The standard InChI is InChI=1S/C14H19N3OS/c1-15-14(19)16-12-7-9-17(10-8-12)13(18)11-5-3-2-4-6-11/h2-6,12H,7-10H2,1H3,(H2,15,16,19). The van der Waals surface area contributed by atoms with Gasteiger partial charge in [-0.3, -0.25) is 4.79 Å². The number of piperidine rings is 1. The minimum Gasteiger partial charge on any atom is -0.366 e. The van der Waals surface area contributed by atoms with E-state index < -0.39 is 0 Å². The summed E-state index contributed by atoms with van der Waals surface area (Å²) in [5.74, 6) is 0.121. The summed E-state index contributed by atoms with van der Waals surface area (Å²) in [7, 11) is 1.81. The van der Waals surface area contributed by atoms with E-state index in [1.165, 1.54) is 0 Å². The van der Waals surface area contributed by atoms with Crippen molar-refractivity contribution < 1.29 is 4.79 Å². The fourth-order valence-electron chi connectivity index (χ4n) is 2.25. The molecule has 0 saturated carbocycles. The van der Waals surface area contributed by atoms with Gasteiger partial charge in [-0.2, -0.15) is 0 Å². The van der Waals surface area contributed by atoms with Crippen LogP contribution in [0.1, 0.15) is 23.2 Å². The van der Waals surface area contributed by atoms with Crippen molar-refractivity contribution >= 4 is 23.2 Å². The van der Waals surface area contributed by atoms with E-state index in [1.807, 2.05) is 42.3 Å². The first kappa shape index (κ1) is 13.8. The zero-order valence-corrected chi connectivity index (χ0v) is 11.9. The molecule has 0 atom stereocenters. The lowest BCUT2D eigenvalue weighted by Gasteiger charge is -2.32. The Morgan fingerprint density at radius 1 is 1.26 bits per heavy atom. The van der Waals surface area contributed by atoms with Crippen molar-refractivity contribution in [3.8, 4) is 0 Å². The van der Waals surface area contributed by atoms with Crippen LogP contribution in [0.5, 0.6) is 0 Å². The maximum absolute atomic E-state index is 12.3.